The number of nitrogens with two attached hydrogens (primary N) is 2. The van der Waals surface area contributed by atoms with Crippen LogP contribution in [0.5, 0.6) is 11.5 Å². The van der Waals surface area contributed by atoms with Crippen LogP contribution >= 0.6 is 0 Å². The van der Waals surface area contributed by atoms with E-state index in [4.69, 9.17) is 11.5 Å². The van der Waals surface area contributed by atoms with Crippen LogP contribution in [0.25, 0.3) is 10.9 Å². The highest BCUT2D eigenvalue weighted by Crippen LogP contribution is 2.20. The Morgan fingerprint density at radius 3 is 1.68 bits per heavy atom. The molecular formula is C33H36N6O8. The van der Waals surface area contributed by atoms with Crippen LogP contribution in [-0.4, -0.2) is 74.1 Å². The van der Waals surface area contributed by atoms with Crippen molar-refractivity contribution in [2.24, 2.45) is 11.5 Å². The van der Waals surface area contributed by atoms with Crippen molar-refractivity contribution in [2.45, 2.75) is 49.9 Å². The lowest BCUT2D eigenvalue weighted by atomic mass is 10.0. The predicted molar refractivity (Wildman–Crippen MR) is 171 cm³/mol. The number of hydrogen-bond acceptors (Lipinski definition) is 8. The monoisotopic (exact) mass is 644 g/mol. The molecule has 246 valence electrons. The number of benzene rings is 3. The number of para-hydroxylation sites is 1. The summed E-state index contributed by atoms with van der Waals surface area (Å²) < 4.78 is 0. The number of carboxylic acid groups (broad SMARTS) is 1. The number of primary amides is 1. The Bertz CT molecular complexity index is 1740. The Labute approximate surface area is 269 Å². The lowest BCUT2D eigenvalue weighted by Gasteiger charge is -2.25. The summed E-state index contributed by atoms with van der Waals surface area (Å²) >= 11 is 0. The molecule has 14 heteroatoms. The molecule has 0 saturated carbocycles. The lowest BCUT2D eigenvalue weighted by Crippen LogP contribution is -2.58. The van der Waals surface area contributed by atoms with Gasteiger partial charge in [-0.2, -0.15) is 0 Å². The Morgan fingerprint density at radius 1 is 0.681 bits per heavy atom. The fourth-order valence-electron chi connectivity index (χ4n) is 5.01. The van der Waals surface area contributed by atoms with Crippen molar-refractivity contribution in [3.05, 3.63) is 95.7 Å². The maximum atomic E-state index is 13.7. The fraction of sp³-hybridized carbons (Fsp3) is 0.242. The first-order valence-electron chi connectivity index (χ1n) is 14.7. The van der Waals surface area contributed by atoms with Crippen molar-refractivity contribution < 1.29 is 39.3 Å². The predicted octanol–water partition coefficient (Wildman–Crippen LogP) is 0.349. The first kappa shape index (κ1) is 34.0. The molecule has 3 aromatic carbocycles. The molecule has 4 rings (SSSR count). The van der Waals surface area contributed by atoms with Gasteiger partial charge in [-0.15, -0.1) is 0 Å². The average molecular weight is 645 g/mol. The number of phenolic OH excluding ortho intramolecular Hbond substituents is 2. The Morgan fingerprint density at radius 2 is 1.17 bits per heavy atom. The molecule has 0 aliphatic rings. The minimum atomic E-state index is -1.36. The topological polar surface area (TPSA) is 250 Å². The van der Waals surface area contributed by atoms with Crippen molar-refractivity contribution in [2.75, 3.05) is 0 Å². The Balaban J connectivity index is 1.59. The van der Waals surface area contributed by atoms with Crippen molar-refractivity contribution in [3.63, 3.8) is 0 Å². The molecule has 0 spiro atoms. The largest absolute Gasteiger partial charge is 0.508 e. The van der Waals surface area contributed by atoms with Crippen molar-refractivity contribution in [3.8, 4) is 11.5 Å². The van der Waals surface area contributed by atoms with Gasteiger partial charge in [0, 0.05) is 36.4 Å². The highest BCUT2D eigenvalue weighted by molar-refractivity contribution is 5.95. The average Bonchev–Trinajstić information content (AvgIpc) is 3.44. The number of fused-ring (bicyclic) bond motifs is 1. The molecule has 0 aliphatic carbocycles. The van der Waals surface area contributed by atoms with E-state index in [-0.39, 0.29) is 30.8 Å². The van der Waals surface area contributed by atoms with E-state index >= 15 is 0 Å². The number of aromatic amines is 1. The van der Waals surface area contributed by atoms with Crippen molar-refractivity contribution in [1.29, 1.82) is 0 Å². The second-order valence-corrected chi connectivity index (χ2v) is 11.1. The number of aliphatic carboxylic acids is 1. The van der Waals surface area contributed by atoms with Crippen LogP contribution in [0.3, 0.4) is 0 Å². The number of carbonyl (C=O) groups is 5. The number of aromatic nitrogens is 1. The van der Waals surface area contributed by atoms with Gasteiger partial charge in [0.25, 0.3) is 0 Å². The summed E-state index contributed by atoms with van der Waals surface area (Å²) in [4.78, 5) is 66.9. The van der Waals surface area contributed by atoms with E-state index in [9.17, 15) is 39.3 Å². The molecule has 0 radical (unpaired) electrons. The summed E-state index contributed by atoms with van der Waals surface area (Å²) in [7, 11) is 0. The maximum Gasteiger partial charge on any atom is 0.326 e. The molecule has 1 heterocycles. The number of hydrogen-bond donors (Lipinski definition) is 9. The van der Waals surface area contributed by atoms with E-state index in [2.05, 4.69) is 20.9 Å². The molecule has 4 amide bonds. The SMILES string of the molecule is NC(=O)CC(N)C(=O)NC(Cc1ccc(O)cc1)C(=O)NC(Cc1ccc(O)cc1)C(=O)NC(Cc1c[nH]c2ccccc12)C(=O)O. The minimum absolute atomic E-state index is 0.0199. The summed E-state index contributed by atoms with van der Waals surface area (Å²) in [6.45, 7) is 0. The van der Waals surface area contributed by atoms with E-state index in [0.29, 0.717) is 16.7 Å². The van der Waals surface area contributed by atoms with Crippen LogP contribution in [-0.2, 0) is 43.2 Å². The number of aromatic hydroxyl groups is 2. The second kappa shape index (κ2) is 15.4. The number of phenols is 2. The van der Waals surface area contributed by atoms with E-state index in [1.165, 1.54) is 36.4 Å². The summed E-state index contributed by atoms with van der Waals surface area (Å²) in [5.41, 5.74) is 13.5. The first-order valence-corrected chi connectivity index (χ1v) is 14.7. The number of nitrogens with one attached hydrogen (secondary N) is 4. The maximum absolute atomic E-state index is 13.7. The number of carbonyl (C=O) groups excluding carboxylic acids is 4. The van der Waals surface area contributed by atoms with E-state index < -0.39 is 60.2 Å². The molecule has 47 heavy (non-hydrogen) atoms. The van der Waals surface area contributed by atoms with Gasteiger partial charge in [-0.1, -0.05) is 42.5 Å². The molecule has 4 aromatic rings. The van der Waals surface area contributed by atoms with Gasteiger partial charge in [0.15, 0.2) is 0 Å². The molecule has 0 bridgehead atoms. The number of amides is 4. The highest BCUT2D eigenvalue weighted by atomic mass is 16.4. The molecule has 1 aromatic heterocycles. The highest BCUT2D eigenvalue weighted by Gasteiger charge is 2.31. The third kappa shape index (κ3) is 9.55. The molecule has 14 nitrogen and oxygen atoms in total. The quantitative estimate of drug-likeness (QED) is 0.0864. The van der Waals surface area contributed by atoms with Gasteiger partial charge >= 0.3 is 5.97 Å². The fourth-order valence-corrected chi connectivity index (χ4v) is 5.01. The van der Waals surface area contributed by atoms with Gasteiger partial charge in [0.2, 0.25) is 23.6 Å². The van der Waals surface area contributed by atoms with Crippen LogP contribution in [0, 0.1) is 0 Å². The number of rotatable bonds is 15. The van der Waals surface area contributed by atoms with Gasteiger partial charge in [0.05, 0.1) is 12.5 Å². The van der Waals surface area contributed by atoms with Gasteiger partial charge in [-0.3, -0.25) is 19.2 Å². The normalized spacial score (nSPS) is 13.6. The molecule has 0 fully saturated rings. The first-order chi connectivity index (χ1) is 22.4. The zero-order valence-electron chi connectivity index (χ0n) is 25.2. The van der Waals surface area contributed by atoms with Gasteiger partial charge in [-0.05, 0) is 47.0 Å². The number of H-pyrrole nitrogens is 1. The third-order valence-corrected chi connectivity index (χ3v) is 7.49. The molecule has 4 atom stereocenters. The zero-order chi connectivity index (χ0) is 34.1. The summed E-state index contributed by atoms with van der Waals surface area (Å²) in [6, 6.07) is 13.7. The summed E-state index contributed by atoms with van der Waals surface area (Å²) in [5.74, 6) is -4.61. The Hall–Kier alpha value is -5.89. The van der Waals surface area contributed by atoms with E-state index in [1.807, 2.05) is 24.3 Å². The summed E-state index contributed by atoms with van der Waals surface area (Å²) in [6.07, 6.45) is 0.952. The molecule has 11 N–H and O–H groups in total. The van der Waals surface area contributed by atoms with Crippen LogP contribution in [0.2, 0.25) is 0 Å². The molecule has 0 aliphatic heterocycles. The van der Waals surface area contributed by atoms with Crippen LogP contribution in [0.4, 0.5) is 0 Å². The molecular weight excluding hydrogens is 608 g/mol. The van der Waals surface area contributed by atoms with Crippen molar-refractivity contribution in [1.82, 2.24) is 20.9 Å². The zero-order valence-corrected chi connectivity index (χ0v) is 25.2. The Kier molecular flexibility index (Phi) is 11.1. The van der Waals surface area contributed by atoms with Crippen LogP contribution in [0.15, 0.2) is 79.0 Å². The van der Waals surface area contributed by atoms with E-state index in [0.717, 1.165) is 10.9 Å². The standard InChI is InChI=1S/C33H36N6O8/c34-24(16-29(35)42)30(43)37-26(13-18-5-9-21(40)10-6-18)31(44)38-27(14-19-7-11-22(41)12-8-19)32(45)39-28(33(46)47)15-20-17-36-25-4-2-1-3-23(20)25/h1-12,17,24,26-28,36,40-41H,13-16,34H2,(H2,35,42)(H,37,43)(H,38,44)(H,39,45)(H,46,47). The van der Waals surface area contributed by atoms with Gasteiger partial charge in [0.1, 0.15) is 29.6 Å². The van der Waals surface area contributed by atoms with Gasteiger partial charge < -0.3 is 47.7 Å². The van der Waals surface area contributed by atoms with Crippen LogP contribution in [0.1, 0.15) is 23.1 Å². The molecule has 4 unspecified atom stereocenters. The molecule has 0 saturated heterocycles. The number of carboxylic acids is 1. The summed E-state index contributed by atoms with van der Waals surface area (Å²) in [5, 5.41) is 37.8. The van der Waals surface area contributed by atoms with Crippen molar-refractivity contribution >= 4 is 40.5 Å². The lowest BCUT2D eigenvalue weighted by molar-refractivity contribution is -0.142. The van der Waals surface area contributed by atoms with Crippen LogP contribution < -0.4 is 27.4 Å². The van der Waals surface area contributed by atoms with E-state index in [1.54, 1.807) is 18.3 Å². The minimum Gasteiger partial charge on any atom is -0.508 e. The van der Waals surface area contributed by atoms with Gasteiger partial charge in [-0.25, -0.2) is 4.79 Å². The smallest absolute Gasteiger partial charge is 0.326 e. The second-order valence-electron chi connectivity index (χ2n) is 11.1. The third-order valence-electron chi connectivity index (χ3n) is 7.49.